The van der Waals surface area contributed by atoms with Gasteiger partial charge in [-0.1, -0.05) is 13.8 Å². The highest BCUT2D eigenvalue weighted by Crippen LogP contribution is 2.24. The Hall–Kier alpha value is -1.16. The van der Waals surface area contributed by atoms with Gasteiger partial charge >= 0.3 is 0 Å². The highest BCUT2D eigenvalue weighted by atomic mass is 32.2. The fourth-order valence-corrected chi connectivity index (χ4v) is 3.73. The predicted octanol–water partition coefficient (Wildman–Crippen LogP) is 1.01. The fraction of sp³-hybridized carbons (Fsp3) is 0.500. The van der Waals surface area contributed by atoms with E-state index in [9.17, 15) is 8.42 Å². The number of imidazole rings is 1. The molecule has 2 heterocycles. The summed E-state index contributed by atoms with van der Waals surface area (Å²) < 4.78 is 28.7. The third-order valence-electron chi connectivity index (χ3n) is 2.62. The molecule has 2 aromatic rings. The van der Waals surface area contributed by atoms with Crippen LogP contribution < -0.4 is 16.0 Å². The molecule has 7 nitrogen and oxygen atoms in total. The van der Waals surface area contributed by atoms with E-state index in [1.807, 2.05) is 13.8 Å². The highest BCUT2D eigenvalue weighted by Gasteiger charge is 2.25. The van der Waals surface area contributed by atoms with E-state index < -0.39 is 10.0 Å². The summed E-state index contributed by atoms with van der Waals surface area (Å²) in [5, 5.41) is 1.82. The smallest absolute Gasteiger partial charge is 0.260 e. The van der Waals surface area contributed by atoms with Crippen LogP contribution in [0.15, 0.2) is 16.6 Å². The van der Waals surface area contributed by atoms with Gasteiger partial charge in [0, 0.05) is 18.1 Å². The lowest BCUT2D eigenvalue weighted by atomic mass is 10.1. The van der Waals surface area contributed by atoms with Gasteiger partial charge in [-0.25, -0.2) is 19.0 Å². The van der Waals surface area contributed by atoms with Crippen molar-refractivity contribution in [2.75, 3.05) is 12.0 Å². The normalized spacial score (nSPS) is 12.4. The molecule has 9 heteroatoms. The zero-order chi connectivity index (χ0) is 14.0. The Labute approximate surface area is 115 Å². The van der Waals surface area contributed by atoms with Gasteiger partial charge in [0.15, 0.2) is 10.8 Å². The number of fused-ring (bicyclic) bond motifs is 1. The number of hydrogen-bond donors (Lipinski definition) is 3. The van der Waals surface area contributed by atoms with Gasteiger partial charge in [0.1, 0.15) is 0 Å². The molecule has 0 amide bonds. The summed E-state index contributed by atoms with van der Waals surface area (Å²) in [6.07, 6.45) is 2.43. The lowest BCUT2D eigenvalue weighted by Gasteiger charge is -2.08. The number of nitrogens with one attached hydrogen (secondary N) is 2. The van der Waals surface area contributed by atoms with Crippen molar-refractivity contribution in [2.45, 2.75) is 25.3 Å². The zero-order valence-corrected chi connectivity index (χ0v) is 12.4. The van der Waals surface area contributed by atoms with Crippen LogP contribution in [0.3, 0.4) is 0 Å². The molecular weight excluding hydrogens is 286 g/mol. The van der Waals surface area contributed by atoms with Crippen molar-refractivity contribution >= 4 is 32.1 Å². The van der Waals surface area contributed by atoms with Gasteiger partial charge in [0.2, 0.25) is 5.03 Å². The summed E-state index contributed by atoms with van der Waals surface area (Å²) >= 11 is 1.35. The van der Waals surface area contributed by atoms with Crippen molar-refractivity contribution in [3.8, 4) is 0 Å². The lowest BCUT2D eigenvalue weighted by molar-refractivity contribution is 0.549. The summed E-state index contributed by atoms with van der Waals surface area (Å²) in [5.41, 5.74) is 2.33. The molecule has 0 saturated heterocycles. The Morgan fingerprint density at radius 3 is 2.89 bits per heavy atom. The molecule has 0 bridgehead atoms. The van der Waals surface area contributed by atoms with Crippen LogP contribution in [0.4, 0.5) is 5.82 Å². The highest BCUT2D eigenvalue weighted by molar-refractivity contribution is 7.89. The lowest BCUT2D eigenvalue weighted by Crippen LogP contribution is -2.28. The van der Waals surface area contributed by atoms with Gasteiger partial charge in [-0.15, -0.1) is 11.3 Å². The summed E-state index contributed by atoms with van der Waals surface area (Å²) in [6, 6.07) is 0. The monoisotopic (exact) mass is 303 g/mol. The number of nitrogens with zero attached hydrogens (tertiary/aromatic N) is 2. The molecule has 0 fully saturated rings. The van der Waals surface area contributed by atoms with E-state index in [1.54, 1.807) is 11.6 Å². The zero-order valence-electron chi connectivity index (χ0n) is 10.8. The molecule has 0 atom stereocenters. The van der Waals surface area contributed by atoms with Gasteiger partial charge in [-0.05, 0) is 12.3 Å². The van der Waals surface area contributed by atoms with E-state index in [2.05, 4.69) is 15.1 Å². The first kappa shape index (κ1) is 14.3. The number of hydrazine groups is 1. The first-order valence-corrected chi connectivity index (χ1v) is 8.24. The number of rotatable bonds is 6. The van der Waals surface area contributed by atoms with Crippen molar-refractivity contribution in [1.82, 2.24) is 14.1 Å². The maximum absolute atomic E-state index is 12.3. The Bertz CT molecular complexity index is 659. The van der Waals surface area contributed by atoms with E-state index in [0.717, 1.165) is 6.42 Å². The van der Waals surface area contributed by atoms with Crippen LogP contribution in [0.5, 0.6) is 0 Å². The quantitative estimate of drug-likeness (QED) is 0.546. The molecule has 0 aliphatic heterocycles. The Kier molecular flexibility index (Phi) is 4.09. The molecule has 0 unspecified atom stereocenters. The number of hydrogen-bond acceptors (Lipinski definition) is 6. The first-order valence-electron chi connectivity index (χ1n) is 5.87. The Balaban J connectivity index is 2.33. The van der Waals surface area contributed by atoms with Crippen molar-refractivity contribution in [2.24, 2.45) is 11.8 Å². The molecule has 19 heavy (non-hydrogen) atoms. The van der Waals surface area contributed by atoms with Crippen LogP contribution in [0, 0.1) is 5.92 Å². The predicted molar refractivity (Wildman–Crippen MR) is 75.5 cm³/mol. The Morgan fingerprint density at radius 1 is 1.53 bits per heavy atom. The maximum atomic E-state index is 12.3. The molecule has 0 aliphatic rings. The molecular formula is C10H17N5O2S2. The van der Waals surface area contributed by atoms with Crippen molar-refractivity contribution in [3.63, 3.8) is 0 Å². The van der Waals surface area contributed by atoms with E-state index in [4.69, 9.17) is 5.84 Å². The van der Waals surface area contributed by atoms with E-state index in [0.29, 0.717) is 17.4 Å². The number of aromatic nitrogens is 2. The number of nitrogen functional groups attached to an aromatic ring is 1. The second kappa shape index (κ2) is 5.45. The SMILES string of the molecule is CC(C)CCNS(=O)(=O)c1c(NN)nc2sccn12. The van der Waals surface area contributed by atoms with E-state index in [-0.39, 0.29) is 10.8 Å². The van der Waals surface area contributed by atoms with E-state index >= 15 is 0 Å². The summed E-state index contributed by atoms with van der Waals surface area (Å²) in [5.74, 6) is 5.92. The van der Waals surface area contributed by atoms with Crippen molar-refractivity contribution < 1.29 is 8.42 Å². The van der Waals surface area contributed by atoms with Gasteiger partial charge in [-0.3, -0.25) is 4.40 Å². The van der Waals surface area contributed by atoms with Crippen LogP contribution in [0.2, 0.25) is 0 Å². The molecule has 0 spiro atoms. The fourth-order valence-electron chi connectivity index (χ4n) is 1.67. The minimum absolute atomic E-state index is 0.0509. The number of thiazole rings is 1. The largest absolute Gasteiger partial charge is 0.306 e. The van der Waals surface area contributed by atoms with Crippen molar-refractivity contribution in [1.29, 1.82) is 0 Å². The standard InChI is InChI=1S/C10H17N5O2S2/c1-7(2)3-4-12-19(16,17)9-8(14-11)13-10-15(9)5-6-18-10/h5-7,12,14H,3-4,11H2,1-2H3. The average molecular weight is 303 g/mol. The second-order valence-corrected chi connectivity index (χ2v) is 7.10. The van der Waals surface area contributed by atoms with Gasteiger partial charge < -0.3 is 5.43 Å². The van der Waals surface area contributed by atoms with Gasteiger partial charge in [0.25, 0.3) is 10.0 Å². The summed E-state index contributed by atoms with van der Waals surface area (Å²) in [7, 11) is -3.64. The van der Waals surface area contributed by atoms with Gasteiger partial charge in [-0.2, -0.15) is 4.98 Å². The first-order chi connectivity index (χ1) is 8.95. The summed E-state index contributed by atoms with van der Waals surface area (Å²) in [4.78, 5) is 4.71. The molecule has 0 aromatic carbocycles. The minimum Gasteiger partial charge on any atom is -0.306 e. The van der Waals surface area contributed by atoms with Crippen LogP contribution in [-0.2, 0) is 10.0 Å². The molecule has 0 radical (unpaired) electrons. The van der Waals surface area contributed by atoms with Crippen LogP contribution in [0.25, 0.3) is 4.96 Å². The minimum atomic E-state index is -3.64. The number of sulfonamides is 1. The number of nitrogens with two attached hydrogens (primary N) is 1. The topological polar surface area (TPSA) is 102 Å². The van der Waals surface area contributed by atoms with Gasteiger partial charge in [0.05, 0.1) is 0 Å². The average Bonchev–Trinajstić information content (AvgIpc) is 2.86. The second-order valence-electron chi connectivity index (χ2n) is 4.55. The maximum Gasteiger partial charge on any atom is 0.260 e. The third kappa shape index (κ3) is 2.89. The molecule has 0 aliphatic carbocycles. The van der Waals surface area contributed by atoms with Crippen molar-refractivity contribution in [3.05, 3.63) is 11.6 Å². The molecule has 0 saturated carbocycles. The molecule has 106 valence electrons. The van der Waals surface area contributed by atoms with Crippen LogP contribution in [0.1, 0.15) is 20.3 Å². The molecule has 2 aromatic heterocycles. The molecule has 4 N–H and O–H groups in total. The third-order valence-corrected chi connectivity index (χ3v) is 4.86. The molecule has 2 rings (SSSR count). The van der Waals surface area contributed by atoms with E-state index in [1.165, 1.54) is 15.7 Å². The number of anilines is 1. The summed E-state index contributed by atoms with van der Waals surface area (Å²) in [6.45, 7) is 4.47. The Morgan fingerprint density at radius 2 is 2.26 bits per heavy atom. The van der Waals surface area contributed by atoms with Crippen LogP contribution >= 0.6 is 11.3 Å². The van der Waals surface area contributed by atoms with Crippen LogP contribution in [-0.4, -0.2) is 24.3 Å².